The van der Waals surface area contributed by atoms with Gasteiger partial charge in [-0.05, 0) is 67.3 Å². The molecule has 0 bridgehead atoms. The molecule has 0 fully saturated rings. The second-order valence-electron chi connectivity index (χ2n) is 7.53. The number of benzene rings is 1. The summed E-state index contributed by atoms with van der Waals surface area (Å²) in [6.45, 7) is 5.71. The maximum absolute atomic E-state index is 13.3. The summed E-state index contributed by atoms with van der Waals surface area (Å²) in [6, 6.07) is 3.40. The molecule has 1 aliphatic rings. The average molecular weight is 438 g/mol. The zero-order valence-corrected chi connectivity index (χ0v) is 19.1. The molecule has 158 valence electrons. The Hall–Kier alpha value is -2.06. The van der Waals surface area contributed by atoms with Crippen molar-refractivity contribution in [2.75, 3.05) is 18.9 Å². The number of ether oxygens (including phenoxy) is 2. The average Bonchev–Trinajstić information content (AvgIpc) is 3.03. The molecule has 0 amide bonds. The summed E-state index contributed by atoms with van der Waals surface area (Å²) in [5.41, 5.74) is 2.67. The number of aryl methyl sites for hydroxylation is 2. The van der Waals surface area contributed by atoms with Crippen LogP contribution in [0.3, 0.4) is 0 Å². The van der Waals surface area contributed by atoms with E-state index in [9.17, 15) is 13.2 Å². The molecule has 2 aromatic rings. The molecule has 0 saturated carbocycles. The zero-order valence-electron chi connectivity index (χ0n) is 17.4. The molecule has 0 aliphatic heterocycles. The van der Waals surface area contributed by atoms with Gasteiger partial charge in [0.15, 0.2) is 0 Å². The van der Waals surface area contributed by atoms with Crippen LogP contribution in [0.25, 0.3) is 0 Å². The fourth-order valence-electron chi connectivity index (χ4n) is 3.73. The van der Waals surface area contributed by atoms with Crippen molar-refractivity contribution in [2.45, 2.75) is 57.3 Å². The van der Waals surface area contributed by atoms with Gasteiger partial charge in [0.1, 0.15) is 10.8 Å². The van der Waals surface area contributed by atoms with Crippen molar-refractivity contribution in [2.24, 2.45) is 0 Å². The summed E-state index contributed by atoms with van der Waals surface area (Å²) in [5, 5.41) is 0.338. The molecule has 3 rings (SSSR count). The van der Waals surface area contributed by atoms with Crippen LogP contribution in [0.2, 0.25) is 0 Å². The fourth-order valence-corrected chi connectivity index (χ4v) is 6.57. The number of thiophene rings is 1. The third-order valence-corrected chi connectivity index (χ3v) is 8.05. The van der Waals surface area contributed by atoms with Gasteiger partial charge in [-0.2, -0.15) is 0 Å². The van der Waals surface area contributed by atoms with E-state index in [-0.39, 0.29) is 10.8 Å². The van der Waals surface area contributed by atoms with Crippen molar-refractivity contribution in [3.63, 3.8) is 0 Å². The Bertz CT molecular complexity index is 1040. The number of methoxy groups -OCH3 is 2. The molecule has 0 saturated heterocycles. The molecule has 1 N–H and O–H groups in total. The first kappa shape index (κ1) is 21.6. The standard InChI is InChI=1S/C21H27NO5S2/c1-12(2)15-11-18(13(3)10-16(15)26-4)29(24,25)22-20-19(21(23)27-5)14-8-6-7-9-17(14)28-20/h10-12,22H,6-9H2,1-5H3. The molecule has 0 spiro atoms. The van der Waals surface area contributed by atoms with Gasteiger partial charge in [0.05, 0.1) is 24.7 Å². The summed E-state index contributed by atoms with van der Waals surface area (Å²) >= 11 is 1.34. The molecule has 29 heavy (non-hydrogen) atoms. The van der Waals surface area contributed by atoms with Crippen LogP contribution in [-0.2, 0) is 27.6 Å². The predicted octanol–water partition coefficient (Wildman–Crippen LogP) is 4.65. The number of esters is 1. The van der Waals surface area contributed by atoms with Gasteiger partial charge in [0, 0.05) is 4.88 Å². The second kappa shape index (κ2) is 8.36. The van der Waals surface area contributed by atoms with Gasteiger partial charge in [-0.25, -0.2) is 13.2 Å². The maximum atomic E-state index is 13.3. The lowest BCUT2D eigenvalue weighted by atomic mass is 9.95. The number of fused-ring (bicyclic) bond motifs is 1. The number of carbonyl (C=O) groups excluding carboxylic acids is 1. The lowest BCUT2D eigenvalue weighted by molar-refractivity contribution is 0.0601. The van der Waals surface area contributed by atoms with Crippen LogP contribution in [0.5, 0.6) is 5.75 Å². The van der Waals surface area contributed by atoms with E-state index in [1.54, 1.807) is 26.2 Å². The molecule has 8 heteroatoms. The van der Waals surface area contributed by atoms with E-state index in [4.69, 9.17) is 9.47 Å². The van der Waals surface area contributed by atoms with E-state index in [1.165, 1.54) is 18.4 Å². The molecule has 0 atom stereocenters. The van der Waals surface area contributed by atoms with Gasteiger partial charge in [-0.15, -0.1) is 11.3 Å². The highest BCUT2D eigenvalue weighted by molar-refractivity contribution is 7.93. The van der Waals surface area contributed by atoms with Gasteiger partial charge >= 0.3 is 5.97 Å². The van der Waals surface area contributed by atoms with Gasteiger partial charge in [-0.1, -0.05) is 13.8 Å². The van der Waals surface area contributed by atoms with Crippen LogP contribution in [0.4, 0.5) is 5.00 Å². The highest BCUT2D eigenvalue weighted by Gasteiger charge is 2.29. The number of rotatable bonds is 6. The number of anilines is 1. The van der Waals surface area contributed by atoms with Crippen molar-refractivity contribution in [1.29, 1.82) is 0 Å². The van der Waals surface area contributed by atoms with Gasteiger partial charge < -0.3 is 9.47 Å². The molecule has 1 aromatic carbocycles. The van der Waals surface area contributed by atoms with Gasteiger partial charge in [0.25, 0.3) is 10.0 Å². The van der Waals surface area contributed by atoms with Crippen molar-refractivity contribution < 1.29 is 22.7 Å². The zero-order chi connectivity index (χ0) is 21.3. The van der Waals surface area contributed by atoms with Crippen LogP contribution >= 0.6 is 11.3 Å². The normalized spacial score (nSPS) is 13.9. The Kier molecular flexibility index (Phi) is 6.24. The monoisotopic (exact) mass is 437 g/mol. The summed E-state index contributed by atoms with van der Waals surface area (Å²) in [6.07, 6.45) is 3.63. The summed E-state index contributed by atoms with van der Waals surface area (Å²) < 4.78 is 39.6. The largest absolute Gasteiger partial charge is 0.496 e. The summed E-state index contributed by atoms with van der Waals surface area (Å²) in [4.78, 5) is 13.7. The number of hydrogen-bond donors (Lipinski definition) is 1. The maximum Gasteiger partial charge on any atom is 0.341 e. The Balaban J connectivity index is 2.08. The first-order valence-electron chi connectivity index (χ1n) is 9.63. The van der Waals surface area contributed by atoms with E-state index in [0.29, 0.717) is 21.9 Å². The van der Waals surface area contributed by atoms with E-state index in [2.05, 4.69) is 4.72 Å². The minimum absolute atomic E-state index is 0.0965. The molecule has 1 heterocycles. The smallest absolute Gasteiger partial charge is 0.341 e. The van der Waals surface area contributed by atoms with Crippen LogP contribution in [-0.4, -0.2) is 28.6 Å². The van der Waals surface area contributed by atoms with Crippen LogP contribution in [0.1, 0.15) is 64.5 Å². The highest BCUT2D eigenvalue weighted by atomic mass is 32.2. The minimum Gasteiger partial charge on any atom is -0.496 e. The molecular weight excluding hydrogens is 410 g/mol. The first-order chi connectivity index (χ1) is 13.7. The van der Waals surface area contributed by atoms with Crippen molar-refractivity contribution in [1.82, 2.24) is 0 Å². The molecular formula is C21H27NO5S2. The Morgan fingerprint density at radius 2 is 1.86 bits per heavy atom. The third kappa shape index (κ3) is 4.14. The first-order valence-corrected chi connectivity index (χ1v) is 11.9. The summed E-state index contributed by atoms with van der Waals surface area (Å²) in [7, 11) is -1.00. The minimum atomic E-state index is -3.89. The Morgan fingerprint density at radius 3 is 2.48 bits per heavy atom. The number of sulfonamides is 1. The van der Waals surface area contributed by atoms with Crippen molar-refractivity contribution in [3.05, 3.63) is 39.3 Å². The Morgan fingerprint density at radius 1 is 1.17 bits per heavy atom. The number of hydrogen-bond acceptors (Lipinski definition) is 6. The van der Waals surface area contributed by atoms with E-state index in [1.807, 2.05) is 13.8 Å². The Labute approximate surface area is 176 Å². The molecule has 1 aliphatic carbocycles. The quantitative estimate of drug-likeness (QED) is 0.665. The molecule has 1 aromatic heterocycles. The predicted molar refractivity (Wildman–Crippen MR) is 115 cm³/mol. The lowest BCUT2D eigenvalue weighted by Gasteiger charge is -2.17. The number of nitrogens with one attached hydrogen (secondary N) is 1. The summed E-state index contributed by atoms with van der Waals surface area (Å²) in [5.74, 6) is 0.258. The van der Waals surface area contributed by atoms with Gasteiger partial charge in [-0.3, -0.25) is 4.72 Å². The molecule has 0 radical (unpaired) electrons. The van der Waals surface area contributed by atoms with Crippen molar-refractivity contribution in [3.8, 4) is 5.75 Å². The van der Waals surface area contributed by atoms with E-state index < -0.39 is 16.0 Å². The van der Waals surface area contributed by atoms with Crippen LogP contribution in [0.15, 0.2) is 17.0 Å². The molecule has 0 unspecified atom stereocenters. The third-order valence-electron chi connectivity index (χ3n) is 5.23. The second-order valence-corrected chi connectivity index (χ2v) is 10.3. The van der Waals surface area contributed by atoms with Crippen molar-refractivity contribution >= 4 is 32.3 Å². The molecule has 6 nitrogen and oxygen atoms in total. The topological polar surface area (TPSA) is 81.7 Å². The van der Waals surface area contributed by atoms with Crippen LogP contribution in [0, 0.1) is 6.92 Å². The van der Waals surface area contributed by atoms with E-state index in [0.717, 1.165) is 41.7 Å². The lowest BCUT2D eigenvalue weighted by Crippen LogP contribution is -2.17. The fraction of sp³-hybridized carbons (Fsp3) is 0.476. The van der Waals surface area contributed by atoms with Gasteiger partial charge in [0.2, 0.25) is 0 Å². The highest BCUT2D eigenvalue weighted by Crippen LogP contribution is 2.40. The number of carbonyl (C=O) groups is 1. The van der Waals surface area contributed by atoms with E-state index >= 15 is 0 Å². The van der Waals surface area contributed by atoms with Crippen LogP contribution < -0.4 is 9.46 Å². The SMILES string of the molecule is COC(=O)c1c(NS(=O)(=O)c2cc(C(C)C)c(OC)cc2C)sc2c1CCCC2.